The first-order valence-corrected chi connectivity index (χ1v) is 9.87. The number of aryl methyl sites for hydroxylation is 1. The van der Waals surface area contributed by atoms with Crippen LogP contribution in [0.4, 0.5) is 4.39 Å². The highest BCUT2D eigenvalue weighted by Crippen LogP contribution is 2.41. The smallest absolute Gasteiger partial charge is 0.142 e. The summed E-state index contributed by atoms with van der Waals surface area (Å²) in [6.45, 7) is 3.73. The zero-order valence-corrected chi connectivity index (χ0v) is 17.9. The molecule has 0 amide bonds. The number of aliphatic hydroxyl groups is 1. The Morgan fingerprint density at radius 2 is 2.13 bits per heavy atom. The Kier molecular flexibility index (Phi) is 5.26. The van der Waals surface area contributed by atoms with E-state index in [1.165, 1.54) is 13.2 Å². The number of ether oxygens (including phenoxy) is 1. The number of hydrogen-bond acceptors (Lipinski definition) is 4. The number of pyridine rings is 1. The Labute approximate surface area is 178 Å². The minimum Gasteiger partial charge on any atom is -0.496 e. The Morgan fingerprint density at radius 3 is 2.83 bits per heavy atom. The highest BCUT2D eigenvalue weighted by molar-refractivity contribution is 6.31. The molecule has 4 rings (SSSR count). The maximum Gasteiger partial charge on any atom is 0.142 e. The summed E-state index contributed by atoms with van der Waals surface area (Å²) in [6.07, 6.45) is 3.61. The Hall–Kier alpha value is -2.90. The van der Waals surface area contributed by atoms with Gasteiger partial charge in [-0.15, -0.1) is 0 Å². The van der Waals surface area contributed by atoms with Gasteiger partial charge in [-0.2, -0.15) is 5.10 Å². The van der Waals surface area contributed by atoms with Crippen LogP contribution in [0.15, 0.2) is 30.6 Å². The van der Waals surface area contributed by atoms with Crippen molar-refractivity contribution in [3.05, 3.63) is 63.9 Å². The van der Waals surface area contributed by atoms with Gasteiger partial charge in [0.2, 0.25) is 0 Å². The standard InChI is InChI=1S/C22H22ClFN4O2/c1-11(19-18(30-4)6-5-16(24)21(19)23)15-9-26-22-14(15)7-13(8-25-22)20-12(2)28(3)27-17(20)10-29/h5-9,11,29H,10H2,1-4H3,(H,25,26)/t11-/m0/s1. The monoisotopic (exact) mass is 428 g/mol. The highest BCUT2D eigenvalue weighted by atomic mass is 35.5. The van der Waals surface area contributed by atoms with Crippen LogP contribution in [0.25, 0.3) is 22.2 Å². The number of hydrogen-bond donors (Lipinski definition) is 2. The fourth-order valence-corrected chi connectivity index (χ4v) is 4.29. The third-order valence-corrected chi connectivity index (χ3v) is 6.00. The van der Waals surface area contributed by atoms with E-state index in [0.29, 0.717) is 22.7 Å². The second-order valence-electron chi connectivity index (χ2n) is 7.25. The van der Waals surface area contributed by atoms with Gasteiger partial charge in [0.1, 0.15) is 17.2 Å². The topological polar surface area (TPSA) is 76.0 Å². The van der Waals surface area contributed by atoms with E-state index in [2.05, 4.69) is 15.1 Å². The first-order chi connectivity index (χ1) is 14.4. The van der Waals surface area contributed by atoms with Gasteiger partial charge in [-0.05, 0) is 30.7 Å². The molecule has 0 spiro atoms. The second-order valence-corrected chi connectivity index (χ2v) is 7.63. The molecule has 1 aromatic carbocycles. The van der Waals surface area contributed by atoms with Gasteiger partial charge in [-0.1, -0.05) is 18.5 Å². The lowest BCUT2D eigenvalue weighted by atomic mass is 9.91. The molecule has 0 radical (unpaired) electrons. The van der Waals surface area contributed by atoms with Crippen LogP contribution in [-0.4, -0.2) is 32.0 Å². The lowest BCUT2D eigenvalue weighted by molar-refractivity contribution is 0.276. The maximum absolute atomic E-state index is 14.2. The molecular weight excluding hydrogens is 407 g/mol. The summed E-state index contributed by atoms with van der Waals surface area (Å²) < 4.78 is 21.4. The first-order valence-electron chi connectivity index (χ1n) is 9.50. The molecule has 0 bridgehead atoms. The molecule has 3 heterocycles. The van der Waals surface area contributed by atoms with E-state index in [0.717, 1.165) is 27.8 Å². The molecule has 30 heavy (non-hydrogen) atoms. The summed E-state index contributed by atoms with van der Waals surface area (Å²) in [7, 11) is 3.38. The molecule has 8 heteroatoms. The van der Waals surface area contributed by atoms with Crippen molar-refractivity contribution in [3.63, 3.8) is 0 Å². The van der Waals surface area contributed by atoms with Crippen LogP contribution in [0.3, 0.4) is 0 Å². The van der Waals surface area contributed by atoms with Crippen LogP contribution in [-0.2, 0) is 13.7 Å². The number of nitrogens with one attached hydrogen (secondary N) is 1. The minimum atomic E-state index is -0.489. The lowest BCUT2D eigenvalue weighted by Gasteiger charge is -2.17. The van der Waals surface area contributed by atoms with Crippen LogP contribution in [0.5, 0.6) is 5.75 Å². The van der Waals surface area contributed by atoms with E-state index in [-0.39, 0.29) is 17.5 Å². The van der Waals surface area contributed by atoms with Gasteiger partial charge in [0.25, 0.3) is 0 Å². The number of aromatic nitrogens is 4. The molecular formula is C22H22ClFN4O2. The molecule has 0 saturated carbocycles. The van der Waals surface area contributed by atoms with Crippen molar-refractivity contribution in [2.24, 2.45) is 7.05 Å². The SMILES string of the molecule is COc1ccc(F)c(Cl)c1[C@@H](C)c1c[nH]c2ncc(-c3c(CO)nn(C)c3C)cc12. The van der Waals surface area contributed by atoms with Crippen LogP contribution < -0.4 is 4.74 Å². The van der Waals surface area contributed by atoms with Crippen molar-refractivity contribution in [1.82, 2.24) is 19.7 Å². The number of aliphatic hydroxyl groups excluding tert-OH is 1. The maximum atomic E-state index is 14.2. The summed E-state index contributed by atoms with van der Waals surface area (Å²) in [5.41, 5.74) is 5.44. The van der Waals surface area contributed by atoms with Crippen molar-refractivity contribution in [3.8, 4) is 16.9 Å². The Balaban J connectivity index is 1.89. The van der Waals surface area contributed by atoms with Crippen molar-refractivity contribution in [1.29, 1.82) is 0 Å². The number of rotatable bonds is 5. The van der Waals surface area contributed by atoms with Crippen LogP contribution in [0, 0.1) is 12.7 Å². The summed E-state index contributed by atoms with van der Waals surface area (Å²) in [5, 5.41) is 15.0. The molecule has 0 aliphatic carbocycles. The molecule has 6 nitrogen and oxygen atoms in total. The second kappa shape index (κ2) is 7.74. The fourth-order valence-electron chi connectivity index (χ4n) is 3.97. The number of methoxy groups -OCH3 is 1. The molecule has 3 aromatic heterocycles. The van der Waals surface area contributed by atoms with Crippen LogP contribution in [0.2, 0.25) is 5.02 Å². The first kappa shape index (κ1) is 20.4. The molecule has 1 atom stereocenters. The molecule has 2 N–H and O–H groups in total. The average Bonchev–Trinajstić information content (AvgIpc) is 3.29. The largest absolute Gasteiger partial charge is 0.496 e. The van der Waals surface area contributed by atoms with E-state index in [4.69, 9.17) is 16.3 Å². The zero-order valence-electron chi connectivity index (χ0n) is 17.1. The Bertz CT molecular complexity index is 1250. The predicted octanol–water partition coefficient (Wildman–Crippen LogP) is 4.72. The Morgan fingerprint density at radius 1 is 1.37 bits per heavy atom. The summed E-state index contributed by atoms with van der Waals surface area (Å²) in [4.78, 5) is 7.73. The van der Waals surface area contributed by atoms with Gasteiger partial charge >= 0.3 is 0 Å². The number of H-pyrrole nitrogens is 1. The fraction of sp³-hybridized carbons (Fsp3) is 0.273. The van der Waals surface area contributed by atoms with E-state index in [1.807, 2.05) is 33.2 Å². The lowest BCUT2D eigenvalue weighted by Crippen LogP contribution is -2.02. The van der Waals surface area contributed by atoms with Gasteiger partial charge in [0.05, 0.1) is 24.4 Å². The van der Waals surface area contributed by atoms with Crippen molar-refractivity contribution in [2.75, 3.05) is 7.11 Å². The quantitative estimate of drug-likeness (QED) is 0.482. The molecule has 0 aliphatic rings. The van der Waals surface area contributed by atoms with Gasteiger partial charge in [-0.3, -0.25) is 4.68 Å². The molecule has 156 valence electrons. The molecule has 0 aliphatic heterocycles. The number of nitrogens with zero attached hydrogens (tertiary/aromatic N) is 3. The third-order valence-electron chi connectivity index (χ3n) is 5.62. The van der Waals surface area contributed by atoms with Crippen LogP contribution >= 0.6 is 11.6 Å². The normalized spacial score (nSPS) is 12.5. The number of fused-ring (bicyclic) bond motifs is 1. The van der Waals surface area contributed by atoms with Gasteiger partial charge in [0.15, 0.2) is 0 Å². The van der Waals surface area contributed by atoms with Crippen molar-refractivity contribution in [2.45, 2.75) is 26.4 Å². The average molecular weight is 429 g/mol. The summed E-state index contributed by atoms with van der Waals surface area (Å²) >= 11 is 6.31. The summed E-state index contributed by atoms with van der Waals surface area (Å²) in [6, 6.07) is 4.89. The van der Waals surface area contributed by atoms with E-state index < -0.39 is 5.82 Å². The third kappa shape index (κ3) is 3.14. The molecule has 0 fully saturated rings. The number of halogens is 2. The molecule has 0 unspecified atom stereocenters. The van der Waals surface area contributed by atoms with Crippen molar-refractivity contribution < 1.29 is 14.2 Å². The van der Waals surface area contributed by atoms with Gasteiger partial charge in [0, 0.05) is 53.1 Å². The van der Waals surface area contributed by atoms with E-state index in [9.17, 15) is 9.50 Å². The van der Waals surface area contributed by atoms with Gasteiger partial charge in [-0.25, -0.2) is 9.37 Å². The molecule has 4 aromatic rings. The zero-order chi connectivity index (χ0) is 21.6. The molecule has 0 saturated heterocycles. The number of benzene rings is 1. The minimum absolute atomic E-state index is 0.0472. The van der Waals surface area contributed by atoms with Crippen molar-refractivity contribution >= 4 is 22.6 Å². The van der Waals surface area contributed by atoms with E-state index in [1.54, 1.807) is 16.9 Å². The van der Waals surface area contributed by atoms with Gasteiger partial charge < -0.3 is 14.8 Å². The van der Waals surface area contributed by atoms with E-state index >= 15 is 0 Å². The predicted molar refractivity (Wildman–Crippen MR) is 114 cm³/mol. The highest BCUT2D eigenvalue weighted by Gasteiger charge is 2.23. The van der Waals surface area contributed by atoms with Crippen LogP contribution in [0.1, 0.15) is 35.4 Å². The number of aromatic amines is 1. The summed E-state index contributed by atoms with van der Waals surface area (Å²) in [5.74, 6) is -0.212.